The van der Waals surface area contributed by atoms with Gasteiger partial charge in [-0.25, -0.2) is 18.5 Å². The molecule has 0 aliphatic heterocycles. The van der Waals surface area contributed by atoms with Gasteiger partial charge < -0.3 is 0 Å². The molecule has 1 rings (SSSR count). The second-order valence-corrected chi connectivity index (χ2v) is 3.83. The van der Waals surface area contributed by atoms with Crippen LogP contribution in [0.2, 0.25) is 0 Å². The van der Waals surface area contributed by atoms with E-state index in [1.807, 2.05) is 0 Å². The minimum Gasteiger partial charge on any atom is -0.269 e. The third-order valence-electron chi connectivity index (χ3n) is 1.30. The van der Waals surface area contributed by atoms with Gasteiger partial charge in [0.1, 0.15) is 0 Å². The van der Waals surface area contributed by atoms with Crippen LogP contribution >= 0.6 is 0 Å². The Morgan fingerprint density at radius 3 is 2.75 bits per heavy atom. The molecule has 0 amide bonds. The van der Waals surface area contributed by atoms with Crippen molar-refractivity contribution < 1.29 is 8.60 Å². The first-order valence-electron chi connectivity index (χ1n) is 3.24. The highest BCUT2D eigenvalue weighted by Gasteiger charge is 2.15. The predicted octanol–water partition coefficient (Wildman–Crippen LogP) is 0.321. The van der Waals surface area contributed by atoms with Crippen molar-refractivity contribution in [3.63, 3.8) is 0 Å². The van der Waals surface area contributed by atoms with E-state index in [1.165, 1.54) is 4.68 Å². The topological polar surface area (TPSA) is 84.8 Å². The van der Waals surface area contributed by atoms with Crippen LogP contribution < -0.4 is 5.14 Å². The number of nitrogens with zero attached hydrogens (tertiary/aromatic N) is 2. The van der Waals surface area contributed by atoms with E-state index in [-0.39, 0.29) is 0 Å². The summed E-state index contributed by atoms with van der Waals surface area (Å²) in [5.74, 6) is -0.792. The van der Waals surface area contributed by atoms with Crippen LogP contribution in [0.5, 0.6) is 0 Å². The SMILES string of the molecule is CCn1cc(F)c(S(=N)(N)=O)n1. The molecule has 7 heteroatoms. The van der Waals surface area contributed by atoms with Crippen LogP contribution in [-0.4, -0.2) is 14.0 Å². The Hall–Kier alpha value is -0.950. The van der Waals surface area contributed by atoms with Gasteiger partial charge in [-0.2, -0.15) is 5.10 Å². The number of aromatic nitrogens is 2. The average molecular weight is 192 g/mol. The van der Waals surface area contributed by atoms with Crippen molar-refractivity contribution in [1.29, 1.82) is 4.78 Å². The van der Waals surface area contributed by atoms with Gasteiger partial charge in [0.15, 0.2) is 15.7 Å². The maximum absolute atomic E-state index is 12.8. The fourth-order valence-corrected chi connectivity index (χ4v) is 1.32. The third-order valence-corrected chi connectivity index (χ3v) is 2.15. The lowest BCUT2D eigenvalue weighted by molar-refractivity contribution is 0.591. The molecule has 0 aromatic carbocycles. The van der Waals surface area contributed by atoms with Crippen LogP contribution in [-0.2, 0) is 16.5 Å². The van der Waals surface area contributed by atoms with E-state index >= 15 is 0 Å². The molecule has 0 bridgehead atoms. The quantitative estimate of drug-likeness (QED) is 0.707. The Bertz CT molecular complexity index is 382. The molecule has 5 nitrogen and oxygen atoms in total. The zero-order valence-corrected chi connectivity index (χ0v) is 7.27. The third kappa shape index (κ3) is 1.62. The fraction of sp³-hybridized carbons (Fsp3) is 0.400. The van der Waals surface area contributed by atoms with Crippen molar-refractivity contribution in [1.82, 2.24) is 9.78 Å². The van der Waals surface area contributed by atoms with Gasteiger partial charge in [0, 0.05) is 6.54 Å². The van der Waals surface area contributed by atoms with Crippen LogP contribution in [0.15, 0.2) is 11.2 Å². The molecule has 1 unspecified atom stereocenters. The van der Waals surface area contributed by atoms with Crippen LogP contribution in [0.3, 0.4) is 0 Å². The number of rotatable bonds is 2. The Balaban J connectivity index is 3.27. The summed E-state index contributed by atoms with van der Waals surface area (Å²) in [6.45, 7) is 2.20. The van der Waals surface area contributed by atoms with E-state index in [1.54, 1.807) is 6.92 Å². The summed E-state index contributed by atoms with van der Waals surface area (Å²) < 4.78 is 31.8. The van der Waals surface area contributed by atoms with Crippen molar-refractivity contribution >= 4 is 9.92 Å². The maximum Gasteiger partial charge on any atom is 0.207 e. The zero-order chi connectivity index (χ0) is 9.35. The molecule has 0 aliphatic rings. The number of hydrogen-bond donors (Lipinski definition) is 2. The molecule has 1 atom stereocenters. The van der Waals surface area contributed by atoms with Crippen LogP contribution in [0.4, 0.5) is 4.39 Å². The molecular formula is C5H9FN4OS. The Kier molecular flexibility index (Phi) is 2.16. The lowest BCUT2D eigenvalue weighted by atomic mass is 10.7. The van der Waals surface area contributed by atoms with E-state index in [9.17, 15) is 8.60 Å². The summed E-state index contributed by atoms with van der Waals surface area (Å²) in [7, 11) is -3.53. The fourth-order valence-electron chi connectivity index (χ4n) is 0.747. The summed E-state index contributed by atoms with van der Waals surface area (Å²) >= 11 is 0. The molecule has 12 heavy (non-hydrogen) atoms. The van der Waals surface area contributed by atoms with E-state index in [4.69, 9.17) is 9.92 Å². The van der Waals surface area contributed by atoms with Gasteiger partial charge in [-0.1, -0.05) is 0 Å². The van der Waals surface area contributed by atoms with Crippen molar-refractivity contribution in [3.05, 3.63) is 12.0 Å². The first-order chi connectivity index (χ1) is 5.45. The largest absolute Gasteiger partial charge is 0.269 e. The lowest BCUT2D eigenvalue weighted by Gasteiger charge is -1.94. The lowest BCUT2D eigenvalue weighted by Crippen LogP contribution is -2.13. The van der Waals surface area contributed by atoms with Gasteiger partial charge in [0.05, 0.1) is 6.20 Å². The van der Waals surface area contributed by atoms with Crippen LogP contribution in [0.25, 0.3) is 0 Å². The molecule has 0 saturated carbocycles. The Morgan fingerprint density at radius 2 is 2.50 bits per heavy atom. The van der Waals surface area contributed by atoms with E-state index in [0.717, 1.165) is 6.20 Å². The molecule has 1 heterocycles. The first kappa shape index (κ1) is 9.14. The van der Waals surface area contributed by atoms with Gasteiger partial charge in [0.2, 0.25) is 5.03 Å². The average Bonchev–Trinajstić information content (AvgIpc) is 2.29. The van der Waals surface area contributed by atoms with Gasteiger partial charge in [0.25, 0.3) is 0 Å². The minimum atomic E-state index is -3.53. The molecule has 1 aromatic heterocycles. The standard InChI is InChI=1S/C5H9FN4OS/c1-2-10-3-4(6)5(9-10)12(7,8)11/h3H,2H2,1H3,(H3,7,8,11). The summed E-state index contributed by atoms with van der Waals surface area (Å²) in [5, 5.41) is 7.98. The van der Waals surface area contributed by atoms with Gasteiger partial charge in [-0.15, -0.1) is 0 Å². The van der Waals surface area contributed by atoms with Gasteiger partial charge >= 0.3 is 0 Å². The highest BCUT2D eigenvalue weighted by molar-refractivity contribution is 7.90. The maximum atomic E-state index is 12.8. The number of nitrogens with two attached hydrogens (primary N) is 1. The monoisotopic (exact) mass is 192 g/mol. The number of aryl methyl sites for hydroxylation is 1. The van der Waals surface area contributed by atoms with Crippen molar-refractivity contribution in [2.45, 2.75) is 18.5 Å². The normalized spacial score (nSPS) is 15.9. The summed E-state index contributed by atoms with van der Waals surface area (Å²) in [6, 6.07) is 0. The van der Waals surface area contributed by atoms with Crippen molar-refractivity contribution in [3.8, 4) is 0 Å². The van der Waals surface area contributed by atoms with E-state index in [0.29, 0.717) is 6.54 Å². The minimum absolute atomic E-state index is 0.451. The summed E-state index contributed by atoms with van der Waals surface area (Å²) in [6.07, 6.45) is 1.07. The zero-order valence-electron chi connectivity index (χ0n) is 6.45. The predicted molar refractivity (Wildman–Crippen MR) is 41.2 cm³/mol. The number of nitrogens with one attached hydrogen (secondary N) is 1. The molecule has 1 aromatic rings. The van der Waals surface area contributed by atoms with Gasteiger partial charge in [-0.05, 0) is 6.92 Å². The molecular weight excluding hydrogens is 183 g/mol. The highest BCUT2D eigenvalue weighted by Crippen LogP contribution is 2.09. The number of hydrogen-bond acceptors (Lipinski definition) is 3. The van der Waals surface area contributed by atoms with Crippen LogP contribution in [0, 0.1) is 10.6 Å². The van der Waals surface area contributed by atoms with Crippen molar-refractivity contribution in [2.24, 2.45) is 5.14 Å². The summed E-state index contributed by atoms with van der Waals surface area (Å²) in [5.41, 5.74) is 0. The molecule has 0 fully saturated rings. The molecule has 0 radical (unpaired) electrons. The smallest absolute Gasteiger partial charge is 0.207 e. The van der Waals surface area contributed by atoms with E-state index < -0.39 is 20.8 Å². The van der Waals surface area contributed by atoms with E-state index in [2.05, 4.69) is 5.10 Å². The Morgan fingerprint density at radius 1 is 1.92 bits per heavy atom. The Labute approximate surface area is 69.5 Å². The molecule has 3 N–H and O–H groups in total. The molecule has 0 saturated heterocycles. The molecule has 68 valence electrons. The highest BCUT2D eigenvalue weighted by atomic mass is 32.2. The molecule has 0 aliphatic carbocycles. The summed E-state index contributed by atoms with van der Waals surface area (Å²) in [4.78, 5) is 0. The first-order valence-corrected chi connectivity index (χ1v) is 4.86. The molecule has 0 spiro atoms. The second kappa shape index (κ2) is 2.83. The van der Waals surface area contributed by atoms with Gasteiger partial charge in [-0.3, -0.25) is 4.68 Å². The second-order valence-electron chi connectivity index (χ2n) is 2.24. The number of halogens is 1. The van der Waals surface area contributed by atoms with Crippen molar-refractivity contribution in [2.75, 3.05) is 0 Å². The van der Waals surface area contributed by atoms with Crippen LogP contribution in [0.1, 0.15) is 6.92 Å².